The van der Waals surface area contributed by atoms with Crippen LogP contribution in [0.1, 0.15) is 182 Å². The van der Waals surface area contributed by atoms with Crippen LogP contribution in [-0.2, 0) is 14.6 Å². The van der Waals surface area contributed by atoms with Crippen molar-refractivity contribution >= 4 is 17.7 Å². The highest BCUT2D eigenvalue weighted by molar-refractivity contribution is 7.80. The van der Waals surface area contributed by atoms with Gasteiger partial charge in [0.1, 0.15) is 0 Å². The van der Waals surface area contributed by atoms with E-state index in [9.17, 15) is 13.0 Å². The van der Waals surface area contributed by atoms with Gasteiger partial charge in [-0.1, -0.05) is 130 Å². The van der Waals surface area contributed by atoms with E-state index in [0.717, 1.165) is 7.11 Å². The molecule has 0 saturated carbocycles. The van der Waals surface area contributed by atoms with Crippen LogP contribution in [0.2, 0.25) is 0 Å². The van der Waals surface area contributed by atoms with Crippen LogP contribution in [0.5, 0.6) is 0 Å². The molecule has 0 heterocycles. The van der Waals surface area contributed by atoms with Crippen molar-refractivity contribution in [3.8, 4) is 0 Å². The molecule has 0 spiro atoms. The second-order valence-electron chi connectivity index (χ2n) is 11.9. The van der Waals surface area contributed by atoms with E-state index >= 15 is 0 Å². The largest absolute Gasteiger partial charge is 0.726 e. The van der Waals surface area contributed by atoms with Gasteiger partial charge >= 0.3 is 0 Å². The third-order valence-electron chi connectivity index (χ3n) is 8.15. The van der Waals surface area contributed by atoms with Gasteiger partial charge in [-0.2, -0.15) is 0 Å². The van der Waals surface area contributed by atoms with E-state index in [4.69, 9.17) is 0 Å². The summed E-state index contributed by atoms with van der Waals surface area (Å²) in [4.78, 5) is 0. The Morgan fingerprint density at radius 1 is 0.436 bits per heavy atom. The molecular formula is C33H71O4PS. The van der Waals surface area contributed by atoms with Crippen LogP contribution >= 0.6 is 7.26 Å². The SMILES string of the molecule is CCCCCCCCCCCCCC[P+](CCCCCC)(CCCCCC)CCCCCC.COS(=O)(=O)[O-]. The van der Waals surface area contributed by atoms with Crippen LogP contribution in [0.15, 0.2) is 0 Å². The number of unbranched alkanes of at least 4 members (excludes halogenated alkanes) is 20. The van der Waals surface area contributed by atoms with Gasteiger partial charge in [-0.25, -0.2) is 8.42 Å². The molecule has 0 atom stereocenters. The molecule has 0 saturated heterocycles. The molecule has 0 unspecified atom stereocenters. The fourth-order valence-corrected chi connectivity index (χ4v) is 10.5. The van der Waals surface area contributed by atoms with Crippen molar-refractivity contribution in [3.63, 3.8) is 0 Å². The molecule has 0 N–H and O–H groups in total. The normalized spacial score (nSPS) is 11.9. The van der Waals surface area contributed by atoms with Gasteiger partial charge in [0.05, 0.1) is 31.8 Å². The minimum atomic E-state index is -4.41. The first-order valence-electron chi connectivity index (χ1n) is 17.2. The Hall–Kier alpha value is 0.300. The molecule has 0 bridgehead atoms. The molecule has 0 aromatic rings. The first-order chi connectivity index (χ1) is 18.8. The van der Waals surface area contributed by atoms with Gasteiger partial charge in [-0.15, -0.1) is 0 Å². The van der Waals surface area contributed by atoms with Crippen LogP contribution in [0, 0.1) is 0 Å². The lowest BCUT2D eigenvalue weighted by atomic mass is 10.1. The van der Waals surface area contributed by atoms with Crippen molar-refractivity contribution in [3.05, 3.63) is 0 Å². The highest BCUT2D eigenvalue weighted by Gasteiger charge is 2.34. The molecule has 238 valence electrons. The monoisotopic (exact) mass is 594 g/mol. The van der Waals surface area contributed by atoms with Crippen LogP contribution in [0.4, 0.5) is 0 Å². The standard InChI is InChI=1S/C32H68P.CH4O4S/c1-5-9-13-17-18-19-20-21-22-23-24-28-32-33(29-25-14-10-6-2,30-26-15-11-7-3)31-27-16-12-8-4;1-5-6(2,3)4/h5-32H2,1-4H3;1H3,(H,2,3,4)/q+1;/p-1. The second kappa shape index (κ2) is 31.2. The molecule has 0 radical (unpaired) electrons. The lowest BCUT2D eigenvalue weighted by Crippen LogP contribution is -2.13. The summed E-state index contributed by atoms with van der Waals surface area (Å²) in [5.41, 5.74) is 0. The van der Waals surface area contributed by atoms with Crippen LogP contribution < -0.4 is 0 Å². The van der Waals surface area contributed by atoms with E-state index in [-0.39, 0.29) is 0 Å². The van der Waals surface area contributed by atoms with Crippen LogP contribution in [0.3, 0.4) is 0 Å². The first kappa shape index (κ1) is 41.4. The minimum absolute atomic E-state index is 0.697. The lowest BCUT2D eigenvalue weighted by molar-refractivity contribution is 0.314. The summed E-state index contributed by atoms with van der Waals surface area (Å²) in [7, 11) is -4.30. The topological polar surface area (TPSA) is 66.4 Å². The zero-order chi connectivity index (χ0) is 29.5. The van der Waals surface area contributed by atoms with E-state index in [1.807, 2.05) is 0 Å². The van der Waals surface area contributed by atoms with Crippen molar-refractivity contribution in [2.75, 3.05) is 31.8 Å². The molecular weight excluding hydrogens is 523 g/mol. The quantitative estimate of drug-likeness (QED) is 0.0374. The molecule has 0 rings (SSSR count). The van der Waals surface area contributed by atoms with Crippen molar-refractivity contribution in [2.24, 2.45) is 0 Å². The van der Waals surface area contributed by atoms with E-state index in [1.165, 1.54) is 128 Å². The fourth-order valence-electron chi connectivity index (χ4n) is 5.58. The average Bonchev–Trinajstić information content (AvgIpc) is 2.92. The zero-order valence-electron chi connectivity index (χ0n) is 27.3. The van der Waals surface area contributed by atoms with Gasteiger partial charge < -0.3 is 4.55 Å². The Morgan fingerprint density at radius 2 is 0.615 bits per heavy atom. The summed E-state index contributed by atoms with van der Waals surface area (Å²) >= 11 is 0. The van der Waals surface area contributed by atoms with Crippen LogP contribution in [-0.4, -0.2) is 44.7 Å². The second-order valence-corrected chi connectivity index (χ2v) is 17.5. The Morgan fingerprint density at radius 3 is 0.821 bits per heavy atom. The predicted octanol–water partition coefficient (Wildman–Crippen LogP) is 11.5. The van der Waals surface area contributed by atoms with E-state index in [1.54, 1.807) is 50.3 Å². The lowest BCUT2D eigenvalue weighted by Gasteiger charge is -2.28. The number of hydrogen-bond acceptors (Lipinski definition) is 4. The summed E-state index contributed by atoms with van der Waals surface area (Å²) in [6.07, 6.45) is 42.1. The van der Waals surface area contributed by atoms with E-state index in [2.05, 4.69) is 31.9 Å². The zero-order valence-corrected chi connectivity index (χ0v) is 29.0. The molecule has 0 aliphatic heterocycles. The Kier molecular flexibility index (Phi) is 33.2. The summed E-state index contributed by atoms with van der Waals surface area (Å²) in [6.45, 7) is 9.41. The number of rotatable bonds is 29. The maximum Gasteiger partial charge on any atom is 0.217 e. The molecule has 0 amide bonds. The van der Waals surface area contributed by atoms with Gasteiger partial charge in [-0.05, 0) is 51.4 Å². The summed E-state index contributed by atoms with van der Waals surface area (Å²) < 4.78 is 31.0. The van der Waals surface area contributed by atoms with E-state index < -0.39 is 17.7 Å². The van der Waals surface area contributed by atoms with Crippen LogP contribution in [0.25, 0.3) is 0 Å². The predicted molar refractivity (Wildman–Crippen MR) is 177 cm³/mol. The highest BCUT2D eigenvalue weighted by atomic mass is 32.3. The molecule has 0 fully saturated rings. The van der Waals surface area contributed by atoms with Gasteiger partial charge in [0.15, 0.2) is 0 Å². The van der Waals surface area contributed by atoms with Gasteiger partial charge in [0.2, 0.25) is 10.4 Å². The average molecular weight is 595 g/mol. The smallest absolute Gasteiger partial charge is 0.217 e. The Bertz CT molecular complexity index is 537. The fraction of sp³-hybridized carbons (Fsp3) is 1.00. The Balaban J connectivity index is 0. The number of hydrogen-bond donors (Lipinski definition) is 0. The molecule has 4 nitrogen and oxygen atoms in total. The Labute approximate surface area is 247 Å². The molecule has 39 heavy (non-hydrogen) atoms. The maximum atomic E-state index is 9.22. The first-order valence-corrected chi connectivity index (χ1v) is 21.0. The van der Waals surface area contributed by atoms with Crippen molar-refractivity contribution in [2.45, 2.75) is 182 Å². The summed E-state index contributed by atoms with van der Waals surface area (Å²) in [6, 6.07) is 0. The van der Waals surface area contributed by atoms with Crippen molar-refractivity contribution < 1.29 is 17.2 Å². The summed E-state index contributed by atoms with van der Waals surface area (Å²) in [5, 5.41) is 0. The van der Waals surface area contributed by atoms with Gasteiger partial charge in [0, 0.05) is 7.26 Å². The van der Waals surface area contributed by atoms with Gasteiger partial charge in [-0.3, -0.25) is 4.18 Å². The molecule has 0 aliphatic carbocycles. The van der Waals surface area contributed by atoms with Gasteiger partial charge in [0.25, 0.3) is 0 Å². The molecule has 0 aromatic heterocycles. The van der Waals surface area contributed by atoms with E-state index in [0.29, 0.717) is 0 Å². The maximum absolute atomic E-state index is 9.22. The molecule has 0 aromatic carbocycles. The highest BCUT2D eigenvalue weighted by Crippen LogP contribution is 2.61. The third kappa shape index (κ3) is 32.7. The van der Waals surface area contributed by atoms with Crippen molar-refractivity contribution in [1.29, 1.82) is 0 Å². The third-order valence-corrected chi connectivity index (χ3v) is 13.6. The molecule has 0 aliphatic rings. The summed E-state index contributed by atoms with van der Waals surface area (Å²) in [5.74, 6) is 0. The molecule has 6 heteroatoms. The minimum Gasteiger partial charge on any atom is -0.726 e. The van der Waals surface area contributed by atoms with Crippen molar-refractivity contribution in [1.82, 2.24) is 0 Å².